The molecule has 0 unspecified atom stereocenters. The van der Waals surface area contributed by atoms with Gasteiger partial charge in [0.25, 0.3) is 0 Å². The lowest BCUT2D eigenvalue weighted by molar-refractivity contribution is -0.0577. The standard InChI is InChI=1S/C24H26ClN7O3/c1-24(2,11-21(33)34)20-9-4-6-14(27-20)12-32-13-19(30-31-32)18-10-17(28-23(26)29-18)15-7-5-8-16(25)22(15)35-3/h4-10,13,21,33-34H,11-12H2,1-3H3,(H2,26,28,29). The molecule has 1 aromatic carbocycles. The monoisotopic (exact) mass is 495 g/mol. The Morgan fingerprint density at radius 1 is 1.06 bits per heavy atom. The summed E-state index contributed by atoms with van der Waals surface area (Å²) in [5.74, 6) is 0.571. The molecule has 3 aromatic heterocycles. The smallest absolute Gasteiger partial charge is 0.221 e. The molecule has 0 aliphatic heterocycles. The van der Waals surface area contributed by atoms with Gasteiger partial charge < -0.3 is 20.7 Å². The van der Waals surface area contributed by atoms with E-state index in [4.69, 9.17) is 22.1 Å². The van der Waals surface area contributed by atoms with Gasteiger partial charge in [0.05, 0.1) is 42.0 Å². The van der Waals surface area contributed by atoms with Gasteiger partial charge in [-0.15, -0.1) is 5.10 Å². The summed E-state index contributed by atoms with van der Waals surface area (Å²) in [4.78, 5) is 13.3. The van der Waals surface area contributed by atoms with Crippen LogP contribution >= 0.6 is 11.6 Å². The number of anilines is 1. The summed E-state index contributed by atoms with van der Waals surface area (Å²) in [6.07, 6.45) is 0.509. The van der Waals surface area contributed by atoms with E-state index < -0.39 is 11.7 Å². The normalized spacial score (nSPS) is 11.7. The molecule has 0 atom stereocenters. The van der Waals surface area contributed by atoms with Gasteiger partial charge in [0, 0.05) is 23.1 Å². The summed E-state index contributed by atoms with van der Waals surface area (Å²) in [5.41, 5.74) is 9.24. The molecule has 0 aliphatic carbocycles. The third kappa shape index (κ3) is 5.56. The fraction of sp³-hybridized carbons (Fsp3) is 0.292. The maximum atomic E-state index is 9.39. The van der Waals surface area contributed by atoms with Crippen LogP contribution in [0.25, 0.3) is 22.6 Å². The first-order chi connectivity index (χ1) is 16.7. The number of hydrogen-bond donors (Lipinski definition) is 3. The largest absolute Gasteiger partial charge is 0.494 e. The topological polar surface area (TPSA) is 145 Å². The van der Waals surface area contributed by atoms with E-state index in [2.05, 4.69) is 25.3 Å². The van der Waals surface area contributed by atoms with Crippen LogP contribution < -0.4 is 10.5 Å². The summed E-state index contributed by atoms with van der Waals surface area (Å²) in [6.45, 7) is 4.20. The van der Waals surface area contributed by atoms with Gasteiger partial charge in [0.1, 0.15) is 11.4 Å². The van der Waals surface area contributed by atoms with Gasteiger partial charge in [-0.25, -0.2) is 14.6 Å². The molecule has 0 amide bonds. The number of halogens is 1. The van der Waals surface area contributed by atoms with Crippen molar-refractivity contribution in [1.29, 1.82) is 0 Å². The van der Waals surface area contributed by atoms with E-state index in [1.807, 2.05) is 38.1 Å². The molecule has 0 radical (unpaired) electrons. The number of hydrogen-bond acceptors (Lipinski definition) is 9. The number of nitrogen functional groups attached to an aromatic ring is 1. The van der Waals surface area contributed by atoms with Crippen molar-refractivity contribution in [3.63, 3.8) is 0 Å². The van der Waals surface area contributed by atoms with Crippen LogP contribution in [0.5, 0.6) is 5.75 Å². The minimum atomic E-state index is -1.41. The molecule has 0 saturated heterocycles. The summed E-state index contributed by atoms with van der Waals surface area (Å²) >= 11 is 6.26. The van der Waals surface area contributed by atoms with Crippen LogP contribution in [0.1, 0.15) is 31.7 Å². The molecule has 4 rings (SSSR count). The number of aliphatic hydroxyl groups excluding tert-OH is 1. The van der Waals surface area contributed by atoms with E-state index >= 15 is 0 Å². The minimum absolute atomic E-state index is 0.0803. The van der Waals surface area contributed by atoms with Crippen molar-refractivity contribution in [2.75, 3.05) is 12.8 Å². The molecule has 0 bridgehead atoms. The number of ether oxygens (including phenoxy) is 1. The third-order valence-electron chi connectivity index (χ3n) is 5.51. The second kappa shape index (κ2) is 9.95. The summed E-state index contributed by atoms with van der Waals surface area (Å²) in [6, 6.07) is 12.8. The van der Waals surface area contributed by atoms with E-state index in [-0.39, 0.29) is 12.4 Å². The lowest BCUT2D eigenvalue weighted by atomic mass is 9.85. The Labute approximate surface area is 207 Å². The van der Waals surface area contributed by atoms with Crippen LogP contribution in [0, 0.1) is 0 Å². The Bertz CT molecular complexity index is 1340. The second-order valence-corrected chi connectivity index (χ2v) is 9.11. The van der Waals surface area contributed by atoms with Crippen molar-refractivity contribution in [3.8, 4) is 28.4 Å². The number of pyridine rings is 1. The number of methoxy groups -OCH3 is 1. The molecule has 35 heavy (non-hydrogen) atoms. The number of rotatable bonds is 8. The zero-order valence-electron chi connectivity index (χ0n) is 19.6. The van der Waals surface area contributed by atoms with Gasteiger partial charge >= 0.3 is 0 Å². The first-order valence-electron chi connectivity index (χ1n) is 10.9. The molecular weight excluding hydrogens is 470 g/mol. The van der Waals surface area contributed by atoms with Crippen molar-refractivity contribution >= 4 is 17.5 Å². The third-order valence-corrected chi connectivity index (χ3v) is 5.81. The number of aliphatic hydroxyl groups is 2. The van der Waals surface area contributed by atoms with E-state index in [1.54, 1.807) is 29.1 Å². The van der Waals surface area contributed by atoms with Crippen molar-refractivity contribution in [3.05, 3.63) is 65.1 Å². The summed E-state index contributed by atoms with van der Waals surface area (Å²) < 4.78 is 7.09. The number of para-hydroxylation sites is 1. The quantitative estimate of drug-likeness (QED) is 0.314. The number of aromatic nitrogens is 6. The van der Waals surface area contributed by atoms with Crippen molar-refractivity contribution in [2.24, 2.45) is 0 Å². The summed E-state index contributed by atoms with van der Waals surface area (Å²) in [7, 11) is 1.54. The number of benzene rings is 1. The lowest BCUT2D eigenvalue weighted by Gasteiger charge is -2.25. The predicted molar refractivity (Wildman–Crippen MR) is 132 cm³/mol. The average Bonchev–Trinajstić information content (AvgIpc) is 3.26. The van der Waals surface area contributed by atoms with Gasteiger partial charge in [0.15, 0.2) is 6.29 Å². The molecular formula is C24H26ClN7O3. The fourth-order valence-corrected chi connectivity index (χ4v) is 4.07. The Balaban J connectivity index is 1.61. The van der Waals surface area contributed by atoms with E-state index in [0.29, 0.717) is 40.0 Å². The van der Waals surface area contributed by atoms with Gasteiger partial charge in [-0.2, -0.15) is 0 Å². The molecule has 10 nitrogen and oxygen atoms in total. The Kier molecular flexibility index (Phi) is 6.97. The van der Waals surface area contributed by atoms with E-state index in [0.717, 1.165) is 11.4 Å². The number of nitrogens with two attached hydrogens (primary N) is 1. The molecule has 0 saturated carbocycles. The van der Waals surface area contributed by atoms with Crippen LogP contribution in [-0.2, 0) is 12.0 Å². The SMILES string of the molecule is COc1c(Cl)cccc1-c1cc(-c2cn(Cc3cccc(C(C)(C)CC(O)O)n3)nn2)nc(N)n1. The molecule has 4 aromatic rings. The zero-order chi connectivity index (χ0) is 25.2. The first-order valence-corrected chi connectivity index (χ1v) is 11.2. The van der Waals surface area contributed by atoms with Crippen LogP contribution in [0.2, 0.25) is 5.02 Å². The van der Waals surface area contributed by atoms with Gasteiger partial charge in [-0.1, -0.05) is 42.8 Å². The molecule has 182 valence electrons. The van der Waals surface area contributed by atoms with Crippen LogP contribution in [-0.4, -0.2) is 53.6 Å². The van der Waals surface area contributed by atoms with Gasteiger partial charge in [0.2, 0.25) is 5.95 Å². The van der Waals surface area contributed by atoms with E-state index in [9.17, 15) is 10.2 Å². The van der Waals surface area contributed by atoms with Gasteiger partial charge in [-0.05, 0) is 30.3 Å². The van der Waals surface area contributed by atoms with Crippen LogP contribution in [0.4, 0.5) is 5.95 Å². The van der Waals surface area contributed by atoms with Crippen molar-refractivity contribution in [2.45, 2.75) is 38.5 Å². The first kappa shape index (κ1) is 24.5. The van der Waals surface area contributed by atoms with Gasteiger partial charge in [-0.3, -0.25) is 4.98 Å². The van der Waals surface area contributed by atoms with Crippen molar-refractivity contribution < 1.29 is 14.9 Å². The van der Waals surface area contributed by atoms with Crippen LogP contribution in [0.3, 0.4) is 0 Å². The minimum Gasteiger partial charge on any atom is -0.494 e. The molecule has 0 fully saturated rings. The predicted octanol–water partition coefficient (Wildman–Crippen LogP) is 3.07. The molecule has 11 heteroatoms. The molecule has 4 N–H and O–H groups in total. The highest BCUT2D eigenvalue weighted by molar-refractivity contribution is 6.32. The summed E-state index contributed by atoms with van der Waals surface area (Å²) in [5, 5.41) is 27.7. The second-order valence-electron chi connectivity index (χ2n) is 8.70. The Morgan fingerprint density at radius 3 is 2.54 bits per heavy atom. The average molecular weight is 496 g/mol. The maximum Gasteiger partial charge on any atom is 0.221 e. The van der Waals surface area contributed by atoms with Crippen molar-refractivity contribution in [1.82, 2.24) is 29.9 Å². The molecule has 0 spiro atoms. The molecule has 3 heterocycles. The fourth-order valence-electron chi connectivity index (χ4n) is 3.82. The Hall–Kier alpha value is -3.60. The maximum absolute atomic E-state index is 9.39. The highest BCUT2D eigenvalue weighted by atomic mass is 35.5. The lowest BCUT2D eigenvalue weighted by Crippen LogP contribution is -2.26. The highest BCUT2D eigenvalue weighted by Gasteiger charge is 2.25. The van der Waals surface area contributed by atoms with Crippen LogP contribution in [0.15, 0.2) is 48.7 Å². The molecule has 0 aliphatic rings. The zero-order valence-corrected chi connectivity index (χ0v) is 20.3. The highest BCUT2D eigenvalue weighted by Crippen LogP contribution is 2.36. The van der Waals surface area contributed by atoms with E-state index in [1.165, 1.54) is 7.11 Å². The number of nitrogens with zero attached hydrogens (tertiary/aromatic N) is 6. The Morgan fingerprint density at radius 2 is 1.80 bits per heavy atom.